The summed E-state index contributed by atoms with van der Waals surface area (Å²) >= 11 is 1.48. The van der Waals surface area contributed by atoms with Crippen LogP contribution in [-0.2, 0) is 0 Å². The van der Waals surface area contributed by atoms with E-state index in [4.69, 9.17) is 5.11 Å². The maximum atomic E-state index is 10.6. The minimum Gasteiger partial charge on any atom is -0.396 e. The lowest BCUT2D eigenvalue weighted by molar-refractivity contribution is 0.112. The van der Waals surface area contributed by atoms with Crippen LogP contribution in [-0.4, -0.2) is 31.1 Å². The quantitative estimate of drug-likeness (QED) is 0.797. The van der Waals surface area contributed by atoms with Crippen LogP contribution in [0, 0.1) is 5.92 Å². The van der Waals surface area contributed by atoms with Gasteiger partial charge in [0.25, 0.3) is 0 Å². The number of aliphatic hydroxyl groups is 1. The van der Waals surface area contributed by atoms with Gasteiger partial charge < -0.3 is 10.0 Å². The third kappa shape index (κ3) is 2.38. The minimum atomic E-state index is 0.265. The summed E-state index contributed by atoms with van der Waals surface area (Å²) < 4.78 is 0. The number of nitrogens with zero attached hydrogens (tertiary/aromatic N) is 1. The van der Waals surface area contributed by atoms with Gasteiger partial charge in [-0.15, -0.1) is 11.3 Å². The average Bonchev–Trinajstić information content (AvgIpc) is 2.78. The first-order chi connectivity index (χ1) is 7.33. The van der Waals surface area contributed by atoms with Crippen molar-refractivity contribution in [3.63, 3.8) is 0 Å². The Hall–Kier alpha value is -0.870. The summed E-state index contributed by atoms with van der Waals surface area (Å²) in [5.41, 5.74) is 1.13. The maximum Gasteiger partial charge on any atom is 0.160 e. The molecule has 1 aliphatic heterocycles. The van der Waals surface area contributed by atoms with Crippen molar-refractivity contribution in [3.8, 4) is 0 Å². The SMILES string of the molecule is O=Cc1cc(N2CCCC(CO)C2)cs1. The van der Waals surface area contributed by atoms with Crippen LogP contribution in [0.4, 0.5) is 5.69 Å². The molecule has 4 heteroatoms. The smallest absolute Gasteiger partial charge is 0.160 e. The van der Waals surface area contributed by atoms with Gasteiger partial charge in [0, 0.05) is 30.8 Å². The summed E-state index contributed by atoms with van der Waals surface area (Å²) in [5.74, 6) is 0.387. The molecule has 3 nitrogen and oxygen atoms in total. The van der Waals surface area contributed by atoms with E-state index in [1.54, 1.807) is 0 Å². The number of thiophene rings is 1. The molecular formula is C11H15NO2S. The van der Waals surface area contributed by atoms with Crippen molar-refractivity contribution in [3.05, 3.63) is 16.3 Å². The second-order valence-electron chi connectivity index (χ2n) is 3.96. The Morgan fingerprint density at radius 1 is 1.67 bits per heavy atom. The molecule has 1 aromatic heterocycles. The van der Waals surface area contributed by atoms with E-state index in [-0.39, 0.29) is 6.61 Å². The van der Waals surface area contributed by atoms with Crippen LogP contribution in [0.2, 0.25) is 0 Å². The highest BCUT2D eigenvalue weighted by molar-refractivity contribution is 7.12. The topological polar surface area (TPSA) is 40.5 Å². The number of aldehydes is 1. The van der Waals surface area contributed by atoms with Crippen molar-refractivity contribution >= 4 is 23.3 Å². The van der Waals surface area contributed by atoms with E-state index in [1.165, 1.54) is 11.3 Å². The van der Waals surface area contributed by atoms with E-state index in [9.17, 15) is 4.79 Å². The fourth-order valence-corrected chi connectivity index (χ4v) is 2.74. The van der Waals surface area contributed by atoms with E-state index in [2.05, 4.69) is 4.90 Å². The van der Waals surface area contributed by atoms with Crippen molar-refractivity contribution in [1.29, 1.82) is 0 Å². The van der Waals surface area contributed by atoms with Crippen molar-refractivity contribution in [2.24, 2.45) is 5.92 Å². The molecule has 1 aliphatic rings. The lowest BCUT2D eigenvalue weighted by Crippen LogP contribution is -2.36. The molecular weight excluding hydrogens is 210 g/mol. The molecule has 1 unspecified atom stereocenters. The van der Waals surface area contributed by atoms with Gasteiger partial charge >= 0.3 is 0 Å². The third-order valence-electron chi connectivity index (χ3n) is 2.86. The molecule has 1 N–H and O–H groups in total. The van der Waals surface area contributed by atoms with Crippen LogP contribution >= 0.6 is 11.3 Å². The van der Waals surface area contributed by atoms with Gasteiger partial charge in [-0.3, -0.25) is 4.79 Å². The Balaban J connectivity index is 2.06. The van der Waals surface area contributed by atoms with Gasteiger partial charge in [-0.05, 0) is 24.8 Å². The highest BCUT2D eigenvalue weighted by Crippen LogP contribution is 2.26. The van der Waals surface area contributed by atoms with Gasteiger partial charge in [0.15, 0.2) is 6.29 Å². The Kier molecular flexibility index (Phi) is 3.38. The molecule has 1 atom stereocenters. The van der Waals surface area contributed by atoms with Gasteiger partial charge in [-0.1, -0.05) is 0 Å². The normalized spacial score (nSPS) is 21.7. The zero-order chi connectivity index (χ0) is 10.7. The molecule has 0 spiro atoms. The molecule has 0 saturated carbocycles. The first-order valence-corrected chi connectivity index (χ1v) is 6.11. The van der Waals surface area contributed by atoms with Crippen LogP contribution in [0.3, 0.4) is 0 Å². The first kappa shape index (κ1) is 10.6. The largest absolute Gasteiger partial charge is 0.396 e. The highest BCUT2D eigenvalue weighted by Gasteiger charge is 2.19. The van der Waals surface area contributed by atoms with Crippen LogP contribution in [0.1, 0.15) is 22.5 Å². The van der Waals surface area contributed by atoms with E-state index in [1.807, 2.05) is 11.4 Å². The molecule has 0 amide bonds. The summed E-state index contributed by atoms with van der Waals surface area (Å²) in [5, 5.41) is 11.1. The van der Waals surface area contributed by atoms with E-state index >= 15 is 0 Å². The molecule has 1 fully saturated rings. The number of rotatable bonds is 3. The Morgan fingerprint density at radius 3 is 3.20 bits per heavy atom. The number of carbonyl (C=O) groups is 1. The number of hydrogen-bond donors (Lipinski definition) is 1. The molecule has 0 aliphatic carbocycles. The lowest BCUT2D eigenvalue weighted by atomic mass is 9.99. The summed E-state index contributed by atoms with van der Waals surface area (Å²) in [7, 11) is 0. The molecule has 1 saturated heterocycles. The van der Waals surface area contributed by atoms with Gasteiger partial charge in [-0.2, -0.15) is 0 Å². The van der Waals surface area contributed by atoms with E-state index < -0.39 is 0 Å². The summed E-state index contributed by atoms with van der Waals surface area (Å²) in [6, 6.07) is 1.93. The zero-order valence-electron chi connectivity index (χ0n) is 8.56. The predicted octanol–water partition coefficient (Wildman–Crippen LogP) is 1.77. The van der Waals surface area contributed by atoms with E-state index in [0.717, 1.165) is 42.8 Å². The van der Waals surface area contributed by atoms with Crippen LogP contribution < -0.4 is 4.90 Å². The second kappa shape index (κ2) is 4.77. The van der Waals surface area contributed by atoms with Crippen molar-refractivity contribution in [1.82, 2.24) is 0 Å². The van der Waals surface area contributed by atoms with Gasteiger partial charge in [-0.25, -0.2) is 0 Å². The van der Waals surface area contributed by atoms with Crippen molar-refractivity contribution in [2.45, 2.75) is 12.8 Å². The standard InChI is InChI=1S/C11H15NO2S/c13-6-9-2-1-3-12(5-9)10-4-11(7-14)15-8-10/h4,7-9,13H,1-3,5-6H2. The average molecular weight is 225 g/mol. The third-order valence-corrected chi connectivity index (χ3v) is 3.71. The molecule has 0 radical (unpaired) electrons. The molecule has 82 valence electrons. The number of anilines is 1. The van der Waals surface area contributed by atoms with Gasteiger partial charge in [0.1, 0.15) is 0 Å². The van der Waals surface area contributed by atoms with Gasteiger partial charge in [0.05, 0.1) is 4.88 Å². The first-order valence-electron chi connectivity index (χ1n) is 5.23. The summed E-state index contributed by atoms with van der Waals surface area (Å²) in [4.78, 5) is 13.6. The second-order valence-corrected chi connectivity index (χ2v) is 4.90. The Labute approximate surface area is 93.3 Å². The summed E-state index contributed by atoms with van der Waals surface area (Å²) in [6.07, 6.45) is 3.12. The van der Waals surface area contributed by atoms with Crippen molar-refractivity contribution < 1.29 is 9.90 Å². The number of piperidine rings is 1. The fourth-order valence-electron chi connectivity index (χ4n) is 2.02. The zero-order valence-corrected chi connectivity index (χ0v) is 9.37. The van der Waals surface area contributed by atoms with Crippen LogP contribution in [0.5, 0.6) is 0 Å². The highest BCUT2D eigenvalue weighted by atomic mass is 32.1. The lowest BCUT2D eigenvalue weighted by Gasteiger charge is -2.32. The maximum absolute atomic E-state index is 10.6. The minimum absolute atomic E-state index is 0.265. The molecule has 2 rings (SSSR count). The summed E-state index contributed by atoms with van der Waals surface area (Å²) in [6.45, 7) is 2.21. The van der Waals surface area contributed by atoms with E-state index in [0.29, 0.717) is 5.92 Å². The van der Waals surface area contributed by atoms with Gasteiger partial charge in [0.2, 0.25) is 0 Å². The number of hydrogen-bond acceptors (Lipinski definition) is 4. The number of carbonyl (C=O) groups excluding carboxylic acids is 1. The Morgan fingerprint density at radius 2 is 2.53 bits per heavy atom. The Bertz CT molecular complexity index is 337. The fraction of sp³-hybridized carbons (Fsp3) is 0.545. The molecule has 0 aromatic carbocycles. The van der Waals surface area contributed by atoms with Crippen LogP contribution in [0.25, 0.3) is 0 Å². The molecule has 2 heterocycles. The number of aliphatic hydroxyl groups excluding tert-OH is 1. The molecule has 1 aromatic rings. The monoisotopic (exact) mass is 225 g/mol. The van der Waals surface area contributed by atoms with Crippen LogP contribution in [0.15, 0.2) is 11.4 Å². The molecule has 0 bridgehead atoms. The van der Waals surface area contributed by atoms with Crippen molar-refractivity contribution in [2.75, 3.05) is 24.6 Å². The molecule has 15 heavy (non-hydrogen) atoms. The predicted molar refractivity (Wildman–Crippen MR) is 61.7 cm³/mol.